The third-order valence-corrected chi connectivity index (χ3v) is 3.35. The quantitative estimate of drug-likeness (QED) is 0.873. The summed E-state index contributed by atoms with van der Waals surface area (Å²) >= 11 is 7.49. The molecule has 2 N–H and O–H groups in total. The Morgan fingerprint density at radius 3 is 2.40 bits per heavy atom. The van der Waals surface area contributed by atoms with Gasteiger partial charge in [-0.2, -0.15) is 0 Å². The van der Waals surface area contributed by atoms with Crippen molar-refractivity contribution < 1.29 is 0 Å². The van der Waals surface area contributed by atoms with Crippen molar-refractivity contribution >= 4 is 29.1 Å². The first-order valence-electron chi connectivity index (χ1n) is 4.24. The van der Waals surface area contributed by atoms with Crippen LogP contribution in [-0.2, 0) is 0 Å². The minimum atomic E-state index is 0.624. The van der Waals surface area contributed by atoms with E-state index in [-0.39, 0.29) is 0 Å². The Morgan fingerprint density at radius 1 is 1.07 bits per heavy atom. The maximum Gasteiger partial charge on any atom is 0.0728 e. The summed E-state index contributed by atoms with van der Waals surface area (Å²) in [6, 6.07) is 3.71. The van der Waals surface area contributed by atoms with E-state index in [1.807, 2.05) is 12.1 Å². The van der Waals surface area contributed by atoms with Gasteiger partial charge in [0.1, 0.15) is 0 Å². The van der Waals surface area contributed by atoms with E-state index >= 15 is 0 Å². The van der Waals surface area contributed by atoms with Gasteiger partial charge in [-0.1, -0.05) is 23.4 Å². The first-order valence-corrected chi connectivity index (χ1v) is 5.43. The molecule has 2 aromatic heterocycles. The lowest BCUT2D eigenvalue weighted by Gasteiger charge is -2.05. The zero-order valence-corrected chi connectivity index (χ0v) is 9.29. The number of anilines is 1. The Labute approximate surface area is 96.7 Å². The summed E-state index contributed by atoms with van der Waals surface area (Å²) < 4.78 is 0. The highest BCUT2D eigenvalue weighted by Crippen LogP contribution is 2.34. The fraction of sp³-hybridized carbons (Fsp3) is 0. The summed E-state index contributed by atoms with van der Waals surface area (Å²) in [5, 5.41) is 0.624. The molecular formula is C10H8ClN3S. The highest BCUT2D eigenvalue weighted by Gasteiger charge is 2.04. The average Bonchev–Trinajstić information content (AvgIpc) is 2.24. The van der Waals surface area contributed by atoms with Crippen LogP contribution in [0.2, 0.25) is 5.02 Å². The summed E-state index contributed by atoms with van der Waals surface area (Å²) in [6.07, 6.45) is 6.64. The molecule has 2 rings (SSSR count). The molecule has 0 spiro atoms. The first-order chi connectivity index (χ1) is 7.27. The molecule has 0 saturated heterocycles. The topological polar surface area (TPSA) is 51.8 Å². The molecule has 0 aliphatic heterocycles. The third kappa shape index (κ3) is 2.40. The Morgan fingerprint density at radius 2 is 1.73 bits per heavy atom. The van der Waals surface area contributed by atoms with Crippen LogP contribution >= 0.6 is 23.4 Å². The van der Waals surface area contributed by atoms with Gasteiger partial charge in [-0.3, -0.25) is 9.97 Å². The molecule has 0 saturated carbocycles. The van der Waals surface area contributed by atoms with Crippen LogP contribution in [-0.4, -0.2) is 9.97 Å². The molecule has 2 aromatic rings. The van der Waals surface area contributed by atoms with Gasteiger partial charge in [0.2, 0.25) is 0 Å². The normalized spacial score (nSPS) is 10.2. The van der Waals surface area contributed by atoms with Crippen molar-refractivity contribution in [3.05, 3.63) is 41.9 Å². The summed E-state index contributed by atoms with van der Waals surface area (Å²) in [7, 11) is 0. The van der Waals surface area contributed by atoms with Crippen molar-refractivity contribution in [3.63, 3.8) is 0 Å². The van der Waals surface area contributed by atoms with E-state index in [1.165, 1.54) is 11.8 Å². The summed E-state index contributed by atoms with van der Waals surface area (Å²) in [6.45, 7) is 0. The third-order valence-electron chi connectivity index (χ3n) is 1.77. The fourth-order valence-corrected chi connectivity index (χ4v) is 2.10. The van der Waals surface area contributed by atoms with Crippen LogP contribution in [0.1, 0.15) is 0 Å². The van der Waals surface area contributed by atoms with Gasteiger partial charge in [0.05, 0.1) is 16.9 Å². The molecule has 0 fully saturated rings. The zero-order valence-electron chi connectivity index (χ0n) is 7.72. The Hall–Kier alpha value is -1.26. The van der Waals surface area contributed by atoms with Gasteiger partial charge in [0, 0.05) is 28.4 Å². The van der Waals surface area contributed by atoms with Crippen molar-refractivity contribution in [2.75, 3.05) is 5.73 Å². The lowest BCUT2D eigenvalue weighted by Crippen LogP contribution is -1.89. The largest absolute Gasteiger partial charge is 0.397 e. The first kappa shape index (κ1) is 10.3. The lowest BCUT2D eigenvalue weighted by molar-refractivity contribution is 1.24. The number of halogens is 1. The van der Waals surface area contributed by atoms with Crippen LogP contribution in [0, 0.1) is 0 Å². The molecule has 0 amide bonds. The Balaban J connectivity index is 2.30. The molecule has 0 aliphatic carbocycles. The van der Waals surface area contributed by atoms with E-state index < -0.39 is 0 Å². The van der Waals surface area contributed by atoms with Gasteiger partial charge >= 0.3 is 0 Å². The monoisotopic (exact) mass is 237 g/mol. The molecule has 0 unspecified atom stereocenters. The minimum Gasteiger partial charge on any atom is -0.397 e. The SMILES string of the molecule is Nc1cnccc1Sc1ccncc1Cl. The van der Waals surface area contributed by atoms with Crippen LogP contribution in [0.25, 0.3) is 0 Å². The number of nitrogen functional groups attached to an aromatic ring is 1. The van der Waals surface area contributed by atoms with E-state index in [9.17, 15) is 0 Å². The molecule has 0 atom stereocenters. The van der Waals surface area contributed by atoms with Crippen molar-refractivity contribution in [1.29, 1.82) is 0 Å². The van der Waals surface area contributed by atoms with Crippen molar-refractivity contribution in [2.24, 2.45) is 0 Å². The smallest absolute Gasteiger partial charge is 0.0728 e. The number of aromatic nitrogens is 2. The van der Waals surface area contributed by atoms with Crippen LogP contribution in [0.5, 0.6) is 0 Å². The molecular weight excluding hydrogens is 230 g/mol. The van der Waals surface area contributed by atoms with Gasteiger partial charge in [0.25, 0.3) is 0 Å². The van der Waals surface area contributed by atoms with Crippen LogP contribution in [0.15, 0.2) is 46.7 Å². The van der Waals surface area contributed by atoms with E-state index in [2.05, 4.69) is 9.97 Å². The molecule has 5 heteroatoms. The van der Waals surface area contributed by atoms with Gasteiger partial charge < -0.3 is 5.73 Å². The molecule has 0 bridgehead atoms. The number of rotatable bonds is 2. The molecule has 0 radical (unpaired) electrons. The van der Waals surface area contributed by atoms with Crippen molar-refractivity contribution in [3.8, 4) is 0 Å². The second-order valence-corrected chi connectivity index (χ2v) is 4.31. The Kier molecular flexibility index (Phi) is 3.08. The van der Waals surface area contributed by atoms with Crippen LogP contribution in [0.3, 0.4) is 0 Å². The fourth-order valence-electron chi connectivity index (χ4n) is 1.05. The molecule has 15 heavy (non-hydrogen) atoms. The molecule has 2 heterocycles. The van der Waals surface area contributed by atoms with Gasteiger partial charge in [-0.15, -0.1) is 0 Å². The molecule has 76 valence electrons. The zero-order chi connectivity index (χ0) is 10.7. The number of nitrogens with two attached hydrogens (primary N) is 1. The molecule has 0 aliphatic rings. The summed E-state index contributed by atoms with van der Waals surface area (Å²) in [5.41, 5.74) is 6.42. The standard InChI is InChI=1S/C10H8ClN3S/c11-7-5-13-3-1-9(7)15-10-2-4-14-6-8(10)12/h1-6H,12H2. The van der Waals surface area contributed by atoms with Crippen LogP contribution < -0.4 is 5.73 Å². The summed E-state index contributed by atoms with van der Waals surface area (Å²) in [5.74, 6) is 0. The predicted molar refractivity (Wildman–Crippen MR) is 62.0 cm³/mol. The van der Waals surface area contributed by atoms with Gasteiger partial charge in [0.15, 0.2) is 0 Å². The highest BCUT2D eigenvalue weighted by molar-refractivity contribution is 7.99. The predicted octanol–water partition coefficient (Wildman–Crippen LogP) is 2.86. The minimum absolute atomic E-state index is 0.624. The van der Waals surface area contributed by atoms with Gasteiger partial charge in [-0.05, 0) is 12.1 Å². The lowest BCUT2D eigenvalue weighted by atomic mass is 10.4. The van der Waals surface area contributed by atoms with Gasteiger partial charge in [-0.25, -0.2) is 0 Å². The molecule has 0 aromatic carbocycles. The number of pyridine rings is 2. The van der Waals surface area contributed by atoms with Crippen LogP contribution in [0.4, 0.5) is 5.69 Å². The second kappa shape index (κ2) is 4.51. The number of nitrogens with zero attached hydrogens (tertiary/aromatic N) is 2. The van der Waals surface area contributed by atoms with E-state index in [4.69, 9.17) is 17.3 Å². The molecule has 3 nitrogen and oxygen atoms in total. The summed E-state index contributed by atoms with van der Waals surface area (Å²) in [4.78, 5) is 9.72. The average molecular weight is 238 g/mol. The highest BCUT2D eigenvalue weighted by atomic mass is 35.5. The maximum absolute atomic E-state index is 5.99. The Bertz CT molecular complexity index is 432. The van der Waals surface area contributed by atoms with E-state index in [0.717, 1.165) is 9.79 Å². The number of hydrogen-bond donors (Lipinski definition) is 1. The number of hydrogen-bond acceptors (Lipinski definition) is 4. The second-order valence-electron chi connectivity index (χ2n) is 2.82. The van der Waals surface area contributed by atoms with Crippen molar-refractivity contribution in [2.45, 2.75) is 9.79 Å². The maximum atomic E-state index is 5.99. The van der Waals surface area contributed by atoms with E-state index in [1.54, 1.807) is 24.8 Å². The van der Waals surface area contributed by atoms with Crippen molar-refractivity contribution in [1.82, 2.24) is 9.97 Å². The van der Waals surface area contributed by atoms with E-state index in [0.29, 0.717) is 10.7 Å².